The van der Waals surface area contributed by atoms with E-state index in [1.54, 1.807) is 24.3 Å². The minimum absolute atomic E-state index is 0.0220. The highest BCUT2D eigenvalue weighted by Gasteiger charge is 2.34. The summed E-state index contributed by atoms with van der Waals surface area (Å²) in [6, 6.07) is 25.8. The van der Waals surface area contributed by atoms with E-state index in [2.05, 4.69) is 5.32 Å². The fourth-order valence-corrected chi connectivity index (χ4v) is 6.45. The lowest BCUT2D eigenvalue weighted by Crippen LogP contribution is -2.53. The second-order valence-corrected chi connectivity index (χ2v) is 13.5. The van der Waals surface area contributed by atoms with Gasteiger partial charge in [-0.3, -0.25) is 13.9 Å². The first-order valence-electron chi connectivity index (χ1n) is 14.8. The van der Waals surface area contributed by atoms with Gasteiger partial charge in [-0.25, -0.2) is 12.8 Å². The first-order valence-corrected chi connectivity index (χ1v) is 16.6. The molecule has 0 unspecified atom stereocenters. The maximum absolute atomic E-state index is 14.4. The van der Waals surface area contributed by atoms with Crippen molar-refractivity contribution >= 4 is 39.1 Å². The van der Waals surface area contributed by atoms with Crippen LogP contribution in [-0.4, -0.2) is 51.4 Å². The van der Waals surface area contributed by atoms with Crippen LogP contribution in [0.3, 0.4) is 0 Å². The minimum Gasteiger partial charge on any atom is -0.497 e. The molecule has 0 heterocycles. The van der Waals surface area contributed by atoms with Gasteiger partial charge in [0.1, 0.15) is 24.2 Å². The van der Waals surface area contributed by atoms with Crippen LogP contribution in [0.15, 0.2) is 108 Å². The Balaban J connectivity index is 1.79. The molecule has 0 saturated carbocycles. The number of amides is 2. The van der Waals surface area contributed by atoms with Gasteiger partial charge in [0.2, 0.25) is 11.8 Å². The molecule has 4 aromatic rings. The Morgan fingerprint density at radius 2 is 1.54 bits per heavy atom. The molecule has 4 aromatic carbocycles. The molecule has 46 heavy (non-hydrogen) atoms. The van der Waals surface area contributed by atoms with E-state index in [4.69, 9.17) is 16.3 Å². The molecule has 2 amide bonds. The van der Waals surface area contributed by atoms with Crippen molar-refractivity contribution < 1.29 is 27.1 Å². The van der Waals surface area contributed by atoms with Crippen LogP contribution in [0.5, 0.6) is 5.75 Å². The lowest BCUT2D eigenvalue weighted by atomic mass is 10.0. The van der Waals surface area contributed by atoms with Crippen molar-refractivity contribution in [2.24, 2.45) is 5.92 Å². The molecule has 1 N–H and O–H groups in total. The van der Waals surface area contributed by atoms with Crippen LogP contribution in [0.25, 0.3) is 0 Å². The summed E-state index contributed by atoms with van der Waals surface area (Å²) < 4.78 is 48.2. The van der Waals surface area contributed by atoms with Crippen LogP contribution < -0.4 is 14.4 Å². The average Bonchev–Trinajstić information content (AvgIpc) is 3.05. The molecular formula is C35H37ClFN3O5S. The van der Waals surface area contributed by atoms with Crippen molar-refractivity contribution in [2.45, 2.75) is 37.8 Å². The van der Waals surface area contributed by atoms with Gasteiger partial charge in [0.25, 0.3) is 10.0 Å². The Kier molecular flexibility index (Phi) is 11.8. The van der Waals surface area contributed by atoms with Gasteiger partial charge in [-0.15, -0.1) is 0 Å². The number of sulfonamides is 1. The van der Waals surface area contributed by atoms with Crippen LogP contribution in [0, 0.1) is 11.7 Å². The second kappa shape index (κ2) is 15.7. The molecule has 1 atom stereocenters. The number of rotatable bonds is 14. The van der Waals surface area contributed by atoms with E-state index in [1.807, 2.05) is 44.2 Å². The third-order valence-electron chi connectivity index (χ3n) is 7.24. The molecule has 242 valence electrons. The van der Waals surface area contributed by atoms with Crippen LogP contribution in [-0.2, 0) is 32.6 Å². The number of nitrogens with one attached hydrogen (secondary N) is 1. The summed E-state index contributed by atoms with van der Waals surface area (Å²) in [4.78, 5) is 29.5. The molecule has 0 spiro atoms. The first kappa shape index (κ1) is 34.5. The van der Waals surface area contributed by atoms with Crippen molar-refractivity contribution in [3.63, 3.8) is 0 Å². The van der Waals surface area contributed by atoms with Gasteiger partial charge in [-0.2, -0.15) is 0 Å². The zero-order chi connectivity index (χ0) is 33.3. The number of anilines is 1. The molecule has 0 fully saturated rings. The van der Waals surface area contributed by atoms with Gasteiger partial charge >= 0.3 is 0 Å². The standard InChI is InChI=1S/C35H37ClFN3O5S/c1-25(2)22-38-35(42)33(21-26-8-5-4-6-9-26)39(23-27-10-7-11-28(36)20-27)34(41)24-40(30-14-12-29(37)13-15-30)46(43,44)32-18-16-31(45-3)17-19-32/h4-20,25,33H,21-24H2,1-3H3,(H,38,42)/t33-/m0/s1. The predicted molar refractivity (Wildman–Crippen MR) is 178 cm³/mol. The molecule has 11 heteroatoms. The van der Waals surface area contributed by atoms with E-state index in [0.29, 0.717) is 22.9 Å². The van der Waals surface area contributed by atoms with Gasteiger partial charge in [0.15, 0.2) is 0 Å². The van der Waals surface area contributed by atoms with Crippen molar-refractivity contribution in [3.8, 4) is 5.75 Å². The van der Waals surface area contributed by atoms with Crippen molar-refractivity contribution in [1.29, 1.82) is 0 Å². The van der Waals surface area contributed by atoms with Crippen LogP contribution in [0.2, 0.25) is 5.02 Å². The Labute approximate surface area is 274 Å². The SMILES string of the molecule is COc1ccc(S(=O)(=O)N(CC(=O)N(Cc2cccc(Cl)c2)[C@@H](Cc2ccccc2)C(=O)NCC(C)C)c2ccc(F)cc2)cc1. The lowest BCUT2D eigenvalue weighted by molar-refractivity contribution is -0.140. The third-order valence-corrected chi connectivity index (χ3v) is 9.26. The fraction of sp³-hybridized carbons (Fsp3) is 0.257. The van der Waals surface area contributed by atoms with E-state index >= 15 is 0 Å². The number of nitrogens with zero attached hydrogens (tertiary/aromatic N) is 2. The number of carbonyl (C=O) groups excluding carboxylic acids is 2. The number of hydrogen-bond acceptors (Lipinski definition) is 5. The molecule has 0 aliphatic rings. The first-order chi connectivity index (χ1) is 22.0. The maximum atomic E-state index is 14.4. The molecule has 0 aromatic heterocycles. The molecule has 0 saturated heterocycles. The molecular weight excluding hydrogens is 629 g/mol. The highest BCUT2D eigenvalue weighted by molar-refractivity contribution is 7.92. The second-order valence-electron chi connectivity index (χ2n) is 11.2. The number of methoxy groups -OCH3 is 1. The smallest absolute Gasteiger partial charge is 0.264 e. The highest BCUT2D eigenvalue weighted by Crippen LogP contribution is 2.27. The largest absolute Gasteiger partial charge is 0.497 e. The molecule has 0 radical (unpaired) electrons. The summed E-state index contributed by atoms with van der Waals surface area (Å²) >= 11 is 6.28. The molecule has 4 rings (SSSR count). The number of benzene rings is 4. The molecule has 0 aliphatic carbocycles. The molecule has 8 nitrogen and oxygen atoms in total. The molecule has 0 bridgehead atoms. The zero-order valence-corrected chi connectivity index (χ0v) is 27.5. The zero-order valence-electron chi connectivity index (χ0n) is 25.9. The van der Waals surface area contributed by atoms with Crippen LogP contribution in [0.4, 0.5) is 10.1 Å². The number of hydrogen-bond donors (Lipinski definition) is 1. The summed E-state index contributed by atoms with van der Waals surface area (Å²) in [5.74, 6) is -0.972. The summed E-state index contributed by atoms with van der Waals surface area (Å²) in [6.07, 6.45) is 0.179. The Hall–Kier alpha value is -4.41. The summed E-state index contributed by atoms with van der Waals surface area (Å²) in [5, 5.41) is 3.40. The van der Waals surface area contributed by atoms with Gasteiger partial charge in [0.05, 0.1) is 17.7 Å². The quantitative estimate of drug-likeness (QED) is 0.176. The van der Waals surface area contributed by atoms with E-state index in [9.17, 15) is 22.4 Å². The van der Waals surface area contributed by atoms with Crippen LogP contribution in [0.1, 0.15) is 25.0 Å². The average molecular weight is 666 g/mol. The highest BCUT2D eigenvalue weighted by atomic mass is 35.5. The van der Waals surface area contributed by atoms with E-state index in [-0.39, 0.29) is 35.4 Å². The fourth-order valence-electron chi connectivity index (χ4n) is 4.82. The van der Waals surface area contributed by atoms with E-state index < -0.39 is 34.3 Å². The van der Waals surface area contributed by atoms with Gasteiger partial charge in [0, 0.05) is 24.5 Å². The van der Waals surface area contributed by atoms with E-state index in [0.717, 1.165) is 22.0 Å². The summed E-state index contributed by atoms with van der Waals surface area (Å²) in [6.45, 7) is 3.63. The number of halogens is 2. The summed E-state index contributed by atoms with van der Waals surface area (Å²) in [5.41, 5.74) is 1.55. The third kappa shape index (κ3) is 9.08. The monoisotopic (exact) mass is 665 g/mol. The maximum Gasteiger partial charge on any atom is 0.264 e. The number of carbonyl (C=O) groups is 2. The minimum atomic E-state index is -4.34. The van der Waals surface area contributed by atoms with Crippen molar-refractivity contribution in [2.75, 3.05) is 24.5 Å². The Morgan fingerprint density at radius 3 is 2.15 bits per heavy atom. The normalized spacial score (nSPS) is 12.0. The predicted octanol–water partition coefficient (Wildman–Crippen LogP) is 6.10. The molecule has 0 aliphatic heterocycles. The van der Waals surface area contributed by atoms with Crippen molar-refractivity contribution in [3.05, 3.63) is 125 Å². The summed E-state index contributed by atoms with van der Waals surface area (Å²) in [7, 11) is -2.88. The van der Waals surface area contributed by atoms with Gasteiger partial charge < -0.3 is 15.0 Å². The van der Waals surface area contributed by atoms with Gasteiger partial charge in [-0.05, 0) is 77.7 Å². The Bertz CT molecular complexity index is 1720. The van der Waals surface area contributed by atoms with Crippen molar-refractivity contribution in [1.82, 2.24) is 10.2 Å². The van der Waals surface area contributed by atoms with Crippen LogP contribution >= 0.6 is 11.6 Å². The topological polar surface area (TPSA) is 96.0 Å². The van der Waals surface area contributed by atoms with E-state index in [1.165, 1.54) is 48.4 Å². The lowest BCUT2D eigenvalue weighted by Gasteiger charge is -2.34. The Morgan fingerprint density at radius 1 is 0.891 bits per heavy atom. The number of ether oxygens (including phenoxy) is 1. The van der Waals surface area contributed by atoms with Gasteiger partial charge in [-0.1, -0.05) is 67.9 Å².